The van der Waals surface area contributed by atoms with E-state index in [2.05, 4.69) is 154 Å². The van der Waals surface area contributed by atoms with Crippen molar-refractivity contribution in [2.45, 2.75) is 309 Å². The fourth-order valence-corrected chi connectivity index (χ4v) is 9.11. The van der Waals surface area contributed by atoms with Crippen molar-refractivity contribution >= 4 is 17.9 Å². The van der Waals surface area contributed by atoms with Gasteiger partial charge in [0.1, 0.15) is 13.2 Å². The molecule has 0 saturated carbocycles. The second-order valence-corrected chi connectivity index (χ2v) is 22.0. The molecule has 0 aromatic heterocycles. The molecular formula is C75H124O6. The van der Waals surface area contributed by atoms with Gasteiger partial charge in [0.15, 0.2) is 6.10 Å². The molecule has 0 rings (SSSR count). The van der Waals surface area contributed by atoms with E-state index < -0.39 is 6.10 Å². The van der Waals surface area contributed by atoms with Gasteiger partial charge in [0.25, 0.3) is 0 Å². The molecule has 1 atom stereocenters. The SMILES string of the molecule is CC/C=C\C/C=C\C/C=C\C/C=C\C/C=C\C/C=C\C/C=C\C/C=C\CCCCCCC(=O)OCC(COC(=O)CCCCCCCCCCC)OC(=O)CCCCCCCCCCCC/C=C\C/C=C\C/C=C\CCCCCCC. The number of carbonyl (C=O) groups excluding carboxylic acids is 3. The molecule has 6 nitrogen and oxygen atoms in total. The lowest BCUT2D eigenvalue weighted by atomic mass is 10.0. The van der Waals surface area contributed by atoms with Crippen LogP contribution in [-0.2, 0) is 28.6 Å². The first-order valence-corrected chi connectivity index (χ1v) is 33.7. The minimum absolute atomic E-state index is 0.0893. The second kappa shape index (κ2) is 68.1. The summed E-state index contributed by atoms with van der Waals surface area (Å²) in [6.07, 6.45) is 96.1. The van der Waals surface area contributed by atoms with E-state index in [1.54, 1.807) is 0 Å². The van der Waals surface area contributed by atoms with Gasteiger partial charge in [-0.05, 0) is 122 Å². The van der Waals surface area contributed by atoms with E-state index in [4.69, 9.17) is 14.2 Å². The molecule has 460 valence electrons. The molecule has 0 fully saturated rings. The van der Waals surface area contributed by atoms with Gasteiger partial charge in [-0.2, -0.15) is 0 Å². The smallest absolute Gasteiger partial charge is 0.306 e. The summed E-state index contributed by atoms with van der Waals surface area (Å²) in [5.41, 5.74) is 0. The lowest BCUT2D eigenvalue weighted by Crippen LogP contribution is -2.30. The molecule has 0 heterocycles. The molecule has 0 aliphatic heterocycles. The van der Waals surface area contributed by atoms with Gasteiger partial charge in [-0.25, -0.2) is 0 Å². The monoisotopic (exact) mass is 1120 g/mol. The summed E-state index contributed by atoms with van der Waals surface area (Å²) >= 11 is 0. The maximum absolute atomic E-state index is 12.9. The molecule has 0 aromatic rings. The predicted octanol–water partition coefficient (Wildman–Crippen LogP) is 23.3. The predicted molar refractivity (Wildman–Crippen MR) is 353 cm³/mol. The maximum Gasteiger partial charge on any atom is 0.306 e. The number of rotatable bonds is 60. The molecule has 0 N–H and O–H groups in total. The van der Waals surface area contributed by atoms with E-state index >= 15 is 0 Å². The van der Waals surface area contributed by atoms with Crippen LogP contribution in [0.4, 0.5) is 0 Å². The van der Waals surface area contributed by atoms with Crippen LogP contribution >= 0.6 is 0 Å². The van der Waals surface area contributed by atoms with Gasteiger partial charge >= 0.3 is 17.9 Å². The Morgan fingerprint density at radius 2 is 0.481 bits per heavy atom. The summed E-state index contributed by atoms with van der Waals surface area (Å²) in [6.45, 7) is 6.48. The summed E-state index contributed by atoms with van der Waals surface area (Å²) in [6, 6.07) is 0. The molecule has 1 unspecified atom stereocenters. The Morgan fingerprint density at radius 3 is 0.753 bits per heavy atom. The van der Waals surface area contributed by atoms with Crippen molar-refractivity contribution in [3.63, 3.8) is 0 Å². The molecule has 0 aliphatic rings. The fourth-order valence-electron chi connectivity index (χ4n) is 9.11. The lowest BCUT2D eigenvalue weighted by Gasteiger charge is -2.18. The standard InChI is InChI=1S/C75H124O6/c1-4-7-10-13-16-19-21-23-25-27-29-31-33-35-36-37-38-40-41-43-45-47-49-51-53-56-59-62-65-68-74(77)80-71-72(70-79-73(76)67-64-61-58-55-18-15-12-9-6-3)81-75(78)69-66-63-60-57-54-52-50-48-46-44-42-39-34-32-30-28-26-24-22-20-17-14-11-8-5-2/h7,10,16,19,22-25,28-31,34-36,38-40,43,45,49,51,72H,4-6,8-9,11-15,17-18,20-21,26-27,32-33,37,41-42,44,46-48,50,52-71H2,1-3H3/b10-7-,19-16-,24-22-,25-23-,30-28-,31-29-,36-35-,39-34-,40-38-,45-43-,51-49-. The van der Waals surface area contributed by atoms with Crippen LogP contribution in [0.2, 0.25) is 0 Å². The second-order valence-electron chi connectivity index (χ2n) is 22.0. The van der Waals surface area contributed by atoms with E-state index in [-0.39, 0.29) is 31.1 Å². The third kappa shape index (κ3) is 66.2. The number of ether oxygens (including phenoxy) is 3. The first kappa shape index (κ1) is 76.5. The van der Waals surface area contributed by atoms with Crippen molar-refractivity contribution < 1.29 is 28.6 Å². The molecule has 0 aromatic carbocycles. The van der Waals surface area contributed by atoms with Crippen LogP contribution in [0.25, 0.3) is 0 Å². The van der Waals surface area contributed by atoms with Crippen molar-refractivity contribution in [1.82, 2.24) is 0 Å². The van der Waals surface area contributed by atoms with Crippen LogP contribution in [0.15, 0.2) is 134 Å². The first-order chi connectivity index (χ1) is 40.0. The number of unbranched alkanes of at least 4 members (excludes halogenated alkanes) is 27. The third-order valence-corrected chi connectivity index (χ3v) is 14.1. The zero-order chi connectivity index (χ0) is 58.5. The Balaban J connectivity index is 4.29. The molecule has 81 heavy (non-hydrogen) atoms. The number of esters is 3. The Bertz CT molecular complexity index is 1720. The molecule has 0 saturated heterocycles. The minimum Gasteiger partial charge on any atom is -0.462 e. The van der Waals surface area contributed by atoms with Crippen LogP contribution in [0.3, 0.4) is 0 Å². The van der Waals surface area contributed by atoms with Crippen LogP contribution in [0.5, 0.6) is 0 Å². The van der Waals surface area contributed by atoms with Crippen LogP contribution in [-0.4, -0.2) is 37.2 Å². The lowest BCUT2D eigenvalue weighted by molar-refractivity contribution is -0.167. The van der Waals surface area contributed by atoms with Crippen molar-refractivity contribution in [3.05, 3.63) is 134 Å². The third-order valence-electron chi connectivity index (χ3n) is 14.1. The van der Waals surface area contributed by atoms with Gasteiger partial charge in [-0.15, -0.1) is 0 Å². The first-order valence-electron chi connectivity index (χ1n) is 33.7. The van der Waals surface area contributed by atoms with Gasteiger partial charge < -0.3 is 14.2 Å². The number of hydrogen-bond acceptors (Lipinski definition) is 6. The van der Waals surface area contributed by atoms with Crippen molar-refractivity contribution in [2.75, 3.05) is 13.2 Å². The summed E-state index contributed by atoms with van der Waals surface area (Å²) in [7, 11) is 0. The highest BCUT2D eigenvalue weighted by Crippen LogP contribution is 2.15. The van der Waals surface area contributed by atoms with E-state index in [0.29, 0.717) is 19.3 Å². The van der Waals surface area contributed by atoms with Crippen LogP contribution in [0.1, 0.15) is 303 Å². The Kier molecular flexibility index (Phi) is 64.3. The Morgan fingerprint density at radius 1 is 0.259 bits per heavy atom. The highest BCUT2D eigenvalue weighted by molar-refractivity contribution is 5.71. The molecule has 0 radical (unpaired) electrons. The summed E-state index contributed by atoms with van der Waals surface area (Å²) < 4.78 is 16.9. The minimum atomic E-state index is -0.794. The molecular weight excluding hydrogens is 997 g/mol. The largest absolute Gasteiger partial charge is 0.462 e. The van der Waals surface area contributed by atoms with Crippen molar-refractivity contribution in [3.8, 4) is 0 Å². The fraction of sp³-hybridized carbons (Fsp3) is 0.667. The van der Waals surface area contributed by atoms with Gasteiger partial charge in [-0.3, -0.25) is 14.4 Å². The van der Waals surface area contributed by atoms with Gasteiger partial charge in [-0.1, -0.05) is 296 Å². The van der Waals surface area contributed by atoms with Gasteiger partial charge in [0, 0.05) is 19.3 Å². The quantitative estimate of drug-likeness (QED) is 0.0261. The Labute approximate surface area is 500 Å². The summed E-state index contributed by atoms with van der Waals surface area (Å²) in [4.78, 5) is 38.2. The zero-order valence-corrected chi connectivity index (χ0v) is 52.8. The molecule has 0 amide bonds. The number of carbonyl (C=O) groups is 3. The van der Waals surface area contributed by atoms with Gasteiger partial charge in [0.05, 0.1) is 0 Å². The molecule has 0 aliphatic carbocycles. The van der Waals surface area contributed by atoms with Gasteiger partial charge in [0.2, 0.25) is 0 Å². The van der Waals surface area contributed by atoms with Crippen LogP contribution in [0, 0.1) is 0 Å². The molecule has 0 spiro atoms. The van der Waals surface area contributed by atoms with E-state index in [0.717, 1.165) is 135 Å². The molecule has 6 heteroatoms. The summed E-state index contributed by atoms with van der Waals surface area (Å²) in [5.74, 6) is -0.918. The topological polar surface area (TPSA) is 78.9 Å². The van der Waals surface area contributed by atoms with Crippen molar-refractivity contribution in [1.29, 1.82) is 0 Å². The van der Waals surface area contributed by atoms with E-state index in [1.165, 1.54) is 128 Å². The number of allylic oxidation sites excluding steroid dienone is 22. The average Bonchev–Trinajstić information content (AvgIpc) is 3.47. The van der Waals surface area contributed by atoms with E-state index in [1.807, 2.05) is 0 Å². The Hall–Kier alpha value is -4.45. The summed E-state index contributed by atoms with van der Waals surface area (Å²) in [5, 5.41) is 0. The average molecular weight is 1120 g/mol. The normalized spacial score (nSPS) is 13.0. The van der Waals surface area contributed by atoms with E-state index in [9.17, 15) is 14.4 Å². The maximum atomic E-state index is 12.9. The van der Waals surface area contributed by atoms with Crippen molar-refractivity contribution in [2.24, 2.45) is 0 Å². The number of hydrogen-bond donors (Lipinski definition) is 0. The van der Waals surface area contributed by atoms with Crippen LogP contribution < -0.4 is 0 Å². The highest BCUT2D eigenvalue weighted by atomic mass is 16.6. The molecule has 0 bridgehead atoms. The zero-order valence-electron chi connectivity index (χ0n) is 52.8. The highest BCUT2D eigenvalue weighted by Gasteiger charge is 2.19.